The maximum absolute atomic E-state index is 10.9. The number of unbranched alkanes of at least 4 members (excludes halogenated alkanes) is 12. The Balaban J connectivity index is 1.94. The summed E-state index contributed by atoms with van der Waals surface area (Å²) in [5, 5.41) is 21.8. The van der Waals surface area contributed by atoms with Crippen molar-refractivity contribution in [3.63, 3.8) is 0 Å². The molecule has 42 heavy (non-hydrogen) atoms. The van der Waals surface area contributed by atoms with Crippen LogP contribution in [0, 0.1) is 0 Å². The SMILES string of the molecule is CCCCCCCCCc1cc(C2(NC)c3c(NC)ccc(CCCCCCCCC)c3OC2(CC)NC)ccc1O. The Kier molecular flexibility index (Phi) is 14.0. The Bertz CT molecular complexity index is 1080. The van der Waals surface area contributed by atoms with Crippen molar-refractivity contribution in [2.45, 2.75) is 141 Å². The number of aromatic hydroxyl groups is 1. The third kappa shape index (κ3) is 7.45. The summed E-state index contributed by atoms with van der Waals surface area (Å²) in [4.78, 5) is 0. The molecule has 0 fully saturated rings. The first-order valence-electron chi connectivity index (χ1n) is 17.2. The Morgan fingerprint density at radius 3 is 1.76 bits per heavy atom. The standard InChI is InChI=1S/C37H61N3O2/c1-7-10-12-14-16-18-20-22-29-24-26-32(38-4)34-35(29)42-36(9-3,39-5)37(34,40-6)31-25-27-33(41)30(28-31)23-21-19-17-15-13-11-8-2/h24-28,38-41H,7-23H2,1-6H3. The van der Waals surface area contributed by atoms with Gasteiger partial charge in [-0.1, -0.05) is 110 Å². The summed E-state index contributed by atoms with van der Waals surface area (Å²) in [7, 11) is 6.06. The highest BCUT2D eigenvalue weighted by molar-refractivity contribution is 5.70. The van der Waals surface area contributed by atoms with Crippen LogP contribution in [0.1, 0.15) is 139 Å². The van der Waals surface area contributed by atoms with Crippen LogP contribution < -0.4 is 20.7 Å². The van der Waals surface area contributed by atoms with E-state index in [0.29, 0.717) is 5.75 Å². The number of aryl methyl sites for hydroxylation is 2. The summed E-state index contributed by atoms with van der Waals surface area (Å²) in [5.41, 5.74) is 4.36. The van der Waals surface area contributed by atoms with Gasteiger partial charge in [0.2, 0.25) is 0 Å². The van der Waals surface area contributed by atoms with Gasteiger partial charge in [-0.05, 0) is 74.7 Å². The van der Waals surface area contributed by atoms with Gasteiger partial charge in [-0.3, -0.25) is 5.32 Å². The Morgan fingerprint density at radius 1 is 0.667 bits per heavy atom. The molecule has 0 radical (unpaired) electrons. The van der Waals surface area contributed by atoms with Gasteiger partial charge in [0.15, 0.2) is 5.72 Å². The third-order valence-corrected chi connectivity index (χ3v) is 9.65. The molecule has 5 heteroatoms. The van der Waals surface area contributed by atoms with E-state index in [9.17, 15) is 5.11 Å². The molecule has 3 rings (SSSR count). The number of likely N-dealkylation sites (N-methyl/N-ethyl adjacent to an activating group) is 2. The molecule has 2 aromatic rings. The van der Waals surface area contributed by atoms with Crippen LogP contribution in [0.15, 0.2) is 30.3 Å². The van der Waals surface area contributed by atoms with Crippen molar-refractivity contribution in [2.75, 3.05) is 26.5 Å². The fourth-order valence-corrected chi connectivity index (χ4v) is 7.14. The number of anilines is 1. The van der Waals surface area contributed by atoms with Gasteiger partial charge in [0.1, 0.15) is 17.0 Å². The van der Waals surface area contributed by atoms with Crippen LogP contribution in [0.25, 0.3) is 0 Å². The van der Waals surface area contributed by atoms with E-state index in [0.717, 1.165) is 53.8 Å². The second-order valence-electron chi connectivity index (χ2n) is 12.3. The predicted octanol–water partition coefficient (Wildman–Crippen LogP) is 9.20. The molecule has 0 saturated carbocycles. The first-order chi connectivity index (χ1) is 20.5. The lowest BCUT2D eigenvalue weighted by Gasteiger charge is -2.45. The maximum Gasteiger partial charge on any atom is 0.187 e. The number of hydrogen-bond donors (Lipinski definition) is 4. The van der Waals surface area contributed by atoms with Gasteiger partial charge < -0.3 is 20.5 Å². The Labute approximate surface area is 257 Å². The zero-order valence-corrected chi connectivity index (χ0v) is 27.8. The monoisotopic (exact) mass is 579 g/mol. The number of ether oxygens (including phenoxy) is 1. The van der Waals surface area contributed by atoms with Crippen molar-refractivity contribution in [2.24, 2.45) is 0 Å². The normalized spacial score (nSPS) is 19.6. The van der Waals surface area contributed by atoms with Gasteiger partial charge in [-0.25, -0.2) is 0 Å². The second-order valence-corrected chi connectivity index (χ2v) is 12.3. The fourth-order valence-electron chi connectivity index (χ4n) is 7.14. The first-order valence-corrected chi connectivity index (χ1v) is 17.2. The smallest absolute Gasteiger partial charge is 0.187 e. The summed E-state index contributed by atoms with van der Waals surface area (Å²) in [6.07, 6.45) is 20.6. The molecule has 4 N–H and O–H groups in total. The molecule has 1 aliphatic rings. The number of hydrogen-bond acceptors (Lipinski definition) is 5. The zero-order valence-electron chi connectivity index (χ0n) is 27.8. The highest BCUT2D eigenvalue weighted by atomic mass is 16.5. The van der Waals surface area contributed by atoms with Crippen molar-refractivity contribution in [3.8, 4) is 11.5 Å². The van der Waals surface area contributed by atoms with Crippen LogP contribution in [0.3, 0.4) is 0 Å². The molecule has 1 aliphatic heterocycles. The minimum Gasteiger partial charge on any atom is -0.508 e. The van der Waals surface area contributed by atoms with E-state index in [1.54, 1.807) is 0 Å². The van der Waals surface area contributed by atoms with E-state index in [4.69, 9.17) is 4.74 Å². The molecule has 0 spiro atoms. The first kappa shape index (κ1) is 34.3. The van der Waals surface area contributed by atoms with E-state index in [-0.39, 0.29) is 0 Å². The molecule has 2 unspecified atom stereocenters. The zero-order chi connectivity index (χ0) is 30.4. The molecule has 2 atom stereocenters. The minimum atomic E-state index is -0.681. The Hall–Kier alpha value is -2.24. The van der Waals surface area contributed by atoms with Gasteiger partial charge in [-0.2, -0.15) is 0 Å². The second kappa shape index (κ2) is 17.2. The topological polar surface area (TPSA) is 65.5 Å². The lowest BCUT2D eigenvalue weighted by Crippen LogP contribution is -2.66. The maximum atomic E-state index is 10.9. The number of phenolic OH excluding ortho intramolecular Hbond substituents is 1. The van der Waals surface area contributed by atoms with E-state index in [2.05, 4.69) is 61.0 Å². The predicted molar refractivity (Wildman–Crippen MR) is 180 cm³/mol. The van der Waals surface area contributed by atoms with Crippen molar-refractivity contribution >= 4 is 5.69 Å². The highest BCUT2D eigenvalue weighted by Crippen LogP contribution is 2.56. The molecule has 0 aliphatic carbocycles. The number of nitrogens with one attached hydrogen (secondary N) is 3. The van der Waals surface area contributed by atoms with Crippen molar-refractivity contribution in [1.29, 1.82) is 0 Å². The van der Waals surface area contributed by atoms with Gasteiger partial charge in [-0.15, -0.1) is 0 Å². The van der Waals surface area contributed by atoms with Crippen molar-refractivity contribution in [1.82, 2.24) is 10.6 Å². The number of benzene rings is 2. The van der Waals surface area contributed by atoms with Gasteiger partial charge in [0, 0.05) is 24.7 Å². The van der Waals surface area contributed by atoms with E-state index in [1.807, 2.05) is 27.2 Å². The van der Waals surface area contributed by atoms with Gasteiger partial charge >= 0.3 is 0 Å². The molecule has 0 bridgehead atoms. The summed E-state index contributed by atoms with van der Waals surface area (Å²) in [6, 6.07) is 10.7. The minimum absolute atomic E-state index is 0.392. The van der Waals surface area contributed by atoms with Gasteiger partial charge in [0.05, 0.1) is 0 Å². The lowest BCUT2D eigenvalue weighted by atomic mass is 9.73. The van der Waals surface area contributed by atoms with Crippen LogP contribution in [-0.2, 0) is 18.4 Å². The Morgan fingerprint density at radius 2 is 1.24 bits per heavy atom. The lowest BCUT2D eigenvalue weighted by molar-refractivity contribution is -0.00911. The van der Waals surface area contributed by atoms with Crippen LogP contribution in [-0.4, -0.2) is 32.0 Å². The number of phenols is 1. The molecule has 2 aromatic carbocycles. The molecule has 0 saturated heterocycles. The summed E-state index contributed by atoms with van der Waals surface area (Å²) >= 11 is 0. The molecule has 5 nitrogen and oxygen atoms in total. The summed E-state index contributed by atoms with van der Waals surface area (Å²) in [6.45, 7) is 6.74. The summed E-state index contributed by atoms with van der Waals surface area (Å²) < 4.78 is 7.08. The van der Waals surface area contributed by atoms with E-state index in [1.165, 1.54) is 89.0 Å². The average molecular weight is 580 g/mol. The molecular weight excluding hydrogens is 518 g/mol. The third-order valence-electron chi connectivity index (χ3n) is 9.65. The van der Waals surface area contributed by atoms with Crippen LogP contribution in [0.5, 0.6) is 11.5 Å². The molecule has 0 amide bonds. The molecule has 1 heterocycles. The molecular formula is C37H61N3O2. The summed E-state index contributed by atoms with van der Waals surface area (Å²) in [5.74, 6) is 1.39. The highest BCUT2D eigenvalue weighted by Gasteiger charge is 2.61. The van der Waals surface area contributed by atoms with E-state index >= 15 is 0 Å². The van der Waals surface area contributed by atoms with Crippen LogP contribution in [0.2, 0.25) is 0 Å². The largest absolute Gasteiger partial charge is 0.508 e. The quantitative estimate of drug-likeness (QED) is 0.111. The van der Waals surface area contributed by atoms with Crippen LogP contribution >= 0.6 is 0 Å². The van der Waals surface area contributed by atoms with Gasteiger partial charge in [0.25, 0.3) is 0 Å². The number of rotatable bonds is 21. The van der Waals surface area contributed by atoms with E-state index < -0.39 is 11.3 Å². The van der Waals surface area contributed by atoms with Crippen molar-refractivity contribution in [3.05, 3.63) is 52.6 Å². The molecule has 0 aromatic heterocycles. The van der Waals surface area contributed by atoms with Crippen LogP contribution in [0.4, 0.5) is 5.69 Å². The number of fused-ring (bicyclic) bond motifs is 1. The van der Waals surface area contributed by atoms with Crippen molar-refractivity contribution < 1.29 is 9.84 Å². The fraction of sp³-hybridized carbons (Fsp3) is 0.676. The average Bonchev–Trinajstić information content (AvgIpc) is 3.33. The molecule has 236 valence electrons.